The van der Waals surface area contributed by atoms with Gasteiger partial charge in [-0.05, 0) is 45.2 Å². The van der Waals surface area contributed by atoms with Gasteiger partial charge in [0.15, 0.2) is 0 Å². The first-order valence-electron chi connectivity index (χ1n) is 7.82. The van der Waals surface area contributed by atoms with Crippen LogP contribution in [0, 0.1) is 5.41 Å². The van der Waals surface area contributed by atoms with Crippen LogP contribution in [-0.4, -0.2) is 47.6 Å². The van der Waals surface area contributed by atoms with Gasteiger partial charge in [-0.3, -0.25) is 9.59 Å². The van der Waals surface area contributed by atoms with E-state index in [1.54, 1.807) is 0 Å². The van der Waals surface area contributed by atoms with Gasteiger partial charge in [0.1, 0.15) is 0 Å². The number of likely N-dealkylation sites (tertiary alicyclic amines) is 1. The lowest BCUT2D eigenvalue weighted by Gasteiger charge is -2.40. The van der Waals surface area contributed by atoms with E-state index in [0.29, 0.717) is 0 Å². The maximum atomic E-state index is 13.0. The van der Waals surface area contributed by atoms with Crippen LogP contribution in [0.5, 0.6) is 0 Å². The minimum atomic E-state index is -0.801. The summed E-state index contributed by atoms with van der Waals surface area (Å²) in [5.74, 6) is -0.589. The average molecular weight is 282 g/mol. The van der Waals surface area contributed by atoms with Crippen LogP contribution in [0.4, 0.5) is 0 Å². The number of aliphatic carboxylic acids is 1. The van der Waals surface area contributed by atoms with Crippen LogP contribution in [0.15, 0.2) is 0 Å². The molecule has 1 amide bonds. The Morgan fingerprint density at radius 2 is 2.05 bits per heavy atom. The number of carboxylic acid groups (broad SMARTS) is 1. The van der Waals surface area contributed by atoms with Crippen LogP contribution < -0.4 is 5.32 Å². The van der Waals surface area contributed by atoms with Crippen molar-refractivity contribution in [3.05, 3.63) is 0 Å². The monoisotopic (exact) mass is 282 g/mol. The molecule has 0 bridgehead atoms. The van der Waals surface area contributed by atoms with Crippen LogP contribution >= 0.6 is 0 Å². The maximum Gasteiger partial charge on any atom is 0.305 e. The average Bonchev–Trinajstić information content (AvgIpc) is 2.86. The fourth-order valence-electron chi connectivity index (χ4n) is 3.78. The largest absolute Gasteiger partial charge is 0.481 e. The van der Waals surface area contributed by atoms with Crippen molar-refractivity contribution in [1.29, 1.82) is 0 Å². The van der Waals surface area contributed by atoms with Crippen molar-refractivity contribution in [1.82, 2.24) is 10.2 Å². The molecule has 1 atom stereocenters. The van der Waals surface area contributed by atoms with Crippen molar-refractivity contribution < 1.29 is 14.7 Å². The van der Waals surface area contributed by atoms with Crippen molar-refractivity contribution in [2.24, 2.45) is 5.41 Å². The molecule has 0 saturated carbocycles. The van der Waals surface area contributed by atoms with Gasteiger partial charge in [-0.2, -0.15) is 0 Å². The van der Waals surface area contributed by atoms with Crippen molar-refractivity contribution in [3.63, 3.8) is 0 Å². The third-order valence-electron chi connectivity index (χ3n) is 4.79. The molecule has 0 radical (unpaired) electrons. The molecule has 2 N–H and O–H groups in total. The molecule has 1 unspecified atom stereocenters. The van der Waals surface area contributed by atoms with Crippen LogP contribution in [0.1, 0.15) is 51.9 Å². The smallest absolute Gasteiger partial charge is 0.305 e. The minimum Gasteiger partial charge on any atom is -0.481 e. The van der Waals surface area contributed by atoms with Gasteiger partial charge in [0.05, 0.1) is 11.8 Å². The fourth-order valence-corrected chi connectivity index (χ4v) is 3.78. The second-order valence-electron chi connectivity index (χ2n) is 6.17. The van der Waals surface area contributed by atoms with Gasteiger partial charge < -0.3 is 15.3 Å². The fraction of sp³-hybridized carbons (Fsp3) is 0.867. The Labute approximate surface area is 120 Å². The van der Waals surface area contributed by atoms with E-state index < -0.39 is 5.97 Å². The number of piperidine rings is 1. The summed E-state index contributed by atoms with van der Waals surface area (Å²) in [5.41, 5.74) is -0.249. The van der Waals surface area contributed by atoms with Gasteiger partial charge in [-0.15, -0.1) is 0 Å². The molecule has 114 valence electrons. The van der Waals surface area contributed by atoms with Gasteiger partial charge in [0.2, 0.25) is 5.91 Å². The normalized spacial score (nSPS) is 25.6. The number of nitrogens with zero attached hydrogens (tertiary/aromatic N) is 1. The standard InChI is InChI=1S/C15H26N2O3/c1-2-5-15(6-8-16-9-7-15)14(20)17-10-3-4-12(17)11-13(18)19/h12,16H,2-11H2,1H3,(H,18,19). The molecule has 2 aliphatic heterocycles. The molecule has 0 aliphatic carbocycles. The molecule has 2 heterocycles. The summed E-state index contributed by atoms with van der Waals surface area (Å²) in [6, 6.07) is -0.0939. The quantitative estimate of drug-likeness (QED) is 0.804. The van der Waals surface area contributed by atoms with E-state index in [1.807, 2.05) is 4.90 Å². The number of amides is 1. The molecular formula is C15H26N2O3. The van der Waals surface area contributed by atoms with Crippen molar-refractivity contribution >= 4 is 11.9 Å². The van der Waals surface area contributed by atoms with Crippen molar-refractivity contribution in [2.75, 3.05) is 19.6 Å². The molecule has 0 aromatic rings. The van der Waals surface area contributed by atoms with Gasteiger partial charge in [-0.1, -0.05) is 13.3 Å². The number of rotatable bonds is 5. The van der Waals surface area contributed by atoms with Crippen LogP contribution in [0.2, 0.25) is 0 Å². The summed E-state index contributed by atoms with van der Waals surface area (Å²) in [4.78, 5) is 25.8. The zero-order valence-corrected chi connectivity index (χ0v) is 12.4. The lowest BCUT2D eigenvalue weighted by atomic mass is 9.74. The number of carboxylic acids is 1. The van der Waals surface area contributed by atoms with Crippen molar-refractivity contribution in [2.45, 2.75) is 57.9 Å². The van der Waals surface area contributed by atoms with E-state index >= 15 is 0 Å². The van der Waals surface area contributed by atoms with E-state index in [2.05, 4.69) is 12.2 Å². The number of carbonyl (C=O) groups is 2. The zero-order valence-electron chi connectivity index (χ0n) is 12.4. The van der Waals surface area contributed by atoms with Crippen LogP contribution in [-0.2, 0) is 9.59 Å². The first kappa shape index (κ1) is 15.3. The molecule has 0 spiro atoms. The first-order chi connectivity index (χ1) is 9.59. The summed E-state index contributed by atoms with van der Waals surface area (Å²) in [7, 11) is 0. The number of nitrogens with one attached hydrogen (secondary N) is 1. The minimum absolute atomic E-state index is 0.0895. The Hall–Kier alpha value is -1.10. The summed E-state index contributed by atoms with van der Waals surface area (Å²) < 4.78 is 0. The highest BCUT2D eigenvalue weighted by Crippen LogP contribution is 2.38. The highest BCUT2D eigenvalue weighted by atomic mass is 16.4. The van der Waals surface area contributed by atoms with Gasteiger partial charge in [0.25, 0.3) is 0 Å². The van der Waals surface area contributed by atoms with E-state index in [9.17, 15) is 9.59 Å². The lowest BCUT2D eigenvalue weighted by Crippen LogP contribution is -2.51. The summed E-state index contributed by atoms with van der Waals surface area (Å²) in [6.45, 7) is 4.64. The number of hydrogen-bond donors (Lipinski definition) is 2. The Morgan fingerprint density at radius 3 is 2.65 bits per heavy atom. The zero-order chi connectivity index (χ0) is 14.6. The first-order valence-corrected chi connectivity index (χ1v) is 7.82. The molecule has 2 saturated heterocycles. The Kier molecular flexibility index (Phi) is 5.02. The molecule has 2 rings (SSSR count). The predicted octanol–water partition coefficient (Wildman–Crippen LogP) is 1.62. The predicted molar refractivity (Wildman–Crippen MR) is 76.4 cm³/mol. The molecule has 5 nitrogen and oxygen atoms in total. The van der Waals surface area contributed by atoms with Crippen LogP contribution in [0.25, 0.3) is 0 Å². The second kappa shape index (κ2) is 6.57. The number of hydrogen-bond acceptors (Lipinski definition) is 3. The van der Waals surface area contributed by atoms with E-state index in [-0.39, 0.29) is 23.8 Å². The highest BCUT2D eigenvalue weighted by Gasteiger charge is 2.44. The molecule has 2 fully saturated rings. The topological polar surface area (TPSA) is 69.6 Å². The SMILES string of the molecule is CCCC1(C(=O)N2CCCC2CC(=O)O)CCNCC1. The van der Waals surface area contributed by atoms with Gasteiger partial charge >= 0.3 is 5.97 Å². The molecule has 5 heteroatoms. The van der Waals surface area contributed by atoms with Gasteiger partial charge in [-0.25, -0.2) is 0 Å². The van der Waals surface area contributed by atoms with Gasteiger partial charge in [0, 0.05) is 12.6 Å². The highest BCUT2D eigenvalue weighted by molar-refractivity contribution is 5.84. The van der Waals surface area contributed by atoms with E-state index in [4.69, 9.17) is 5.11 Å². The van der Waals surface area contributed by atoms with Crippen LogP contribution in [0.3, 0.4) is 0 Å². The summed E-state index contributed by atoms with van der Waals surface area (Å²) in [5, 5.41) is 12.3. The molecular weight excluding hydrogens is 256 g/mol. The van der Waals surface area contributed by atoms with E-state index in [0.717, 1.165) is 58.2 Å². The maximum absolute atomic E-state index is 13.0. The molecule has 0 aromatic carbocycles. The molecule has 0 aromatic heterocycles. The van der Waals surface area contributed by atoms with Crippen molar-refractivity contribution in [3.8, 4) is 0 Å². The number of carbonyl (C=O) groups excluding carboxylic acids is 1. The summed E-state index contributed by atoms with van der Waals surface area (Å²) in [6.07, 6.45) is 5.55. The Balaban J connectivity index is 2.11. The third kappa shape index (κ3) is 3.14. The Bertz CT molecular complexity index is 359. The summed E-state index contributed by atoms with van der Waals surface area (Å²) >= 11 is 0. The lowest BCUT2D eigenvalue weighted by molar-refractivity contribution is -0.147. The third-order valence-corrected chi connectivity index (χ3v) is 4.79. The second-order valence-corrected chi connectivity index (χ2v) is 6.17. The molecule has 20 heavy (non-hydrogen) atoms. The molecule has 2 aliphatic rings. The Morgan fingerprint density at radius 1 is 1.35 bits per heavy atom. The van der Waals surface area contributed by atoms with E-state index in [1.165, 1.54) is 0 Å².